The molecule has 0 aliphatic carbocycles. The molecule has 3 atom stereocenters. The van der Waals surface area contributed by atoms with E-state index >= 15 is 0 Å². The Balaban J connectivity index is 2.01. The van der Waals surface area contributed by atoms with Crippen LogP contribution >= 0.6 is 11.8 Å². The maximum absolute atomic E-state index is 12.3. The molecule has 2 fully saturated rings. The molecule has 0 aromatic heterocycles. The minimum atomic E-state index is -0.884. The summed E-state index contributed by atoms with van der Waals surface area (Å²) in [6.07, 6.45) is 1.63. The minimum Gasteiger partial charge on any atom is -0.480 e. The minimum absolute atomic E-state index is 0.00759. The van der Waals surface area contributed by atoms with Gasteiger partial charge in [-0.1, -0.05) is 0 Å². The van der Waals surface area contributed by atoms with Gasteiger partial charge in [0, 0.05) is 17.7 Å². The van der Waals surface area contributed by atoms with Crippen molar-refractivity contribution < 1.29 is 14.7 Å². The molecule has 6 heteroatoms. The maximum atomic E-state index is 12.3. The van der Waals surface area contributed by atoms with Crippen LogP contribution in [0.1, 0.15) is 19.8 Å². The van der Waals surface area contributed by atoms with Gasteiger partial charge in [-0.2, -0.15) is 0 Å². The van der Waals surface area contributed by atoms with Crippen molar-refractivity contribution in [1.82, 2.24) is 10.2 Å². The Morgan fingerprint density at radius 2 is 2.24 bits per heavy atom. The standard InChI is InChI=1S/C11H18N2O3S/c1-7-4-8(2-3-12-7)10(14)13-6-17-5-9(13)11(15)16/h7-9,12H,2-6H2,1H3,(H,15,16). The summed E-state index contributed by atoms with van der Waals surface area (Å²) in [5, 5.41) is 12.4. The molecule has 2 aliphatic rings. The first-order chi connectivity index (χ1) is 8.09. The summed E-state index contributed by atoms with van der Waals surface area (Å²) in [5.74, 6) is 0.170. The van der Waals surface area contributed by atoms with Crippen molar-refractivity contribution in [2.45, 2.75) is 31.8 Å². The van der Waals surface area contributed by atoms with Gasteiger partial charge in [-0.3, -0.25) is 4.79 Å². The number of hydrogen-bond acceptors (Lipinski definition) is 4. The van der Waals surface area contributed by atoms with Gasteiger partial charge >= 0.3 is 5.97 Å². The lowest BCUT2D eigenvalue weighted by Gasteiger charge is -2.31. The van der Waals surface area contributed by atoms with Crippen LogP contribution in [0.4, 0.5) is 0 Å². The lowest BCUT2D eigenvalue weighted by Crippen LogP contribution is -2.48. The molecule has 2 N–H and O–H groups in total. The van der Waals surface area contributed by atoms with E-state index in [-0.39, 0.29) is 11.8 Å². The Bertz CT molecular complexity index is 324. The summed E-state index contributed by atoms with van der Waals surface area (Å²) in [6.45, 7) is 2.91. The van der Waals surface area contributed by atoms with Gasteiger partial charge in [0.05, 0.1) is 5.88 Å². The summed E-state index contributed by atoms with van der Waals surface area (Å²) in [6, 6.07) is -0.283. The number of amides is 1. The van der Waals surface area contributed by atoms with E-state index in [1.54, 1.807) is 0 Å². The Morgan fingerprint density at radius 1 is 1.47 bits per heavy atom. The highest BCUT2D eigenvalue weighted by atomic mass is 32.2. The van der Waals surface area contributed by atoms with E-state index in [9.17, 15) is 9.59 Å². The third kappa shape index (κ3) is 2.74. The predicted molar refractivity (Wildman–Crippen MR) is 65.8 cm³/mol. The summed E-state index contributed by atoms with van der Waals surface area (Å²) in [4.78, 5) is 24.9. The summed E-state index contributed by atoms with van der Waals surface area (Å²) in [5.41, 5.74) is 0. The summed E-state index contributed by atoms with van der Waals surface area (Å²) in [7, 11) is 0. The molecule has 2 saturated heterocycles. The molecule has 1 amide bonds. The monoisotopic (exact) mass is 258 g/mol. The molecule has 0 radical (unpaired) electrons. The fourth-order valence-electron chi connectivity index (χ4n) is 2.46. The van der Waals surface area contributed by atoms with Crippen LogP contribution in [0, 0.1) is 5.92 Å². The van der Waals surface area contributed by atoms with Crippen molar-refractivity contribution in [3.05, 3.63) is 0 Å². The fourth-order valence-corrected chi connectivity index (χ4v) is 3.61. The number of nitrogens with one attached hydrogen (secondary N) is 1. The van der Waals surface area contributed by atoms with Crippen molar-refractivity contribution in [1.29, 1.82) is 0 Å². The van der Waals surface area contributed by atoms with Crippen molar-refractivity contribution in [3.63, 3.8) is 0 Å². The van der Waals surface area contributed by atoms with E-state index in [4.69, 9.17) is 5.11 Å². The number of hydrogen-bond donors (Lipinski definition) is 2. The number of nitrogens with zero attached hydrogens (tertiary/aromatic N) is 1. The summed E-state index contributed by atoms with van der Waals surface area (Å²) >= 11 is 1.52. The van der Waals surface area contributed by atoms with Crippen LogP contribution in [0.2, 0.25) is 0 Å². The number of aliphatic carboxylic acids is 1. The molecular formula is C11H18N2O3S. The molecule has 2 heterocycles. The number of thioether (sulfide) groups is 1. The highest BCUT2D eigenvalue weighted by Gasteiger charge is 2.38. The van der Waals surface area contributed by atoms with Crippen molar-refractivity contribution in [3.8, 4) is 0 Å². The highest BCUT2D eigenvalue weighted by Crippen LogP contribution is 2.26. The van der Waals surface area contributed by atoms with Gasteiger partial charge in [0.15, 0.2) is 0 Å². The molecule has 96 valence electrons. The molecule has 0 aromatic carbocycles. The normalized spacial score (nSPS) is 33.7. The molecule has 17 heavy (non-hydrogen) atoms. The molecular weight excluding hydrogens is 240 g/mol. The fraction of sp³-hybridized carbons (Fsp3) is 0.818. The SMILES string of the molecule is CC1CC(C(=O)N2CSCC2C(=O)O)CCN1. The quantitative estimate of drug-likeness (QED) is 0.748. The van der Waals surface area contributed by atoms with Gasteiger partial charge in [-0.15, -0.1) is 11.8 Å². The average molecular weight is 258 g/mol. The molecule has 2 aliphatic heterocycles. The Hall–Kier alpha value is -0.750. The first kappa shape index (κ1) is 12.7. The van der Waals surface area contributed by atoms with Gasteiger partial charge in [-0.05, 0) is 26.3 Å². The number of carboxylic acids is 1. The van der Waals surface area contributed by atoms with E-state index in [0.717, 1.165) is 19.4 Å². The van der Waals surface area contributed by atoms with Crippen LogP contribution in [-0.4, -0.2) is 52.1 Å². The van der Waals surface area contributed by atoms with Crippen molar-refractivity contribution in [2.24, 2.45) is 5.92 Å². The number of carboxylic acid groups (broad SMARTS) is 1. The van der Waals surface area contributed by atoms with E-state index in [1.165, 1.54) is 16.7 Å². The average Bonchev–Trinajstić information content (AvgIpc) is 2.77. The maximum Gasteiger partial charge on any atom is 0.327 e. The molecule has 0 spiro atoms. The van der Waals surface area contributed by atoms with E-state index < -0.39 is 12.0 Å². The van der Waals surface area contributed by atoms with E-state index in [1.807, 2.05) is 0 Å². The topological polar surface area (TPSA) is 69.6 Å². The van der Waals surface area contributed by atoms with Gasteiger partial charge in [0.2, 0.25) is 5.91 Å². The molecule has 0 saturated carbocycles. The second-order valence-electron chi connectivity index (χ2n) is 4.74. The van der Waals surface area contributed by atoms with Gasteiger partial charge < -0.3 is 15.3 Å². The second-order valence-corrected chi connectivity index (χ2v) is 5.74. The van der Waals surface area contributed by atoms with E-state index in [0.29, 0.717) is 17.7 Å². The second kappa shape index (κ2) is 5.27. The molecule has 3 unspecified atom stereocenters. The number of piperidine rings is 1. The smallest absolute Gasteiger partial charge is 0.327 e. The lowest BCUT2D eigenvalue weighted by molar-refractivity contribution is -0.149. The Kier molecular flexibility index (Phi) is 3.93. The zero-order valence-electron chi connectivity index (χ0n) is 9.89. The van der Waals surface area contributed by atoms with Crippen LogP contribution < -0.4 is 5.32 Å². The van der Waals surface area contributed by atoms with Crippen LogP contribution in [0.3, 0.4) is 0 Å². The third-order valence-electron chi connectivity index (χ3n) is 3.42. The first-order valence-electron chi connectivity index (χ1n) is 5.94. The molecule has 2 rings (SSSR count). The third-order valence-corrected chi connectivity index (χ3v) is 4.44. The van der Waals surface area contributed by atoms with Gasteiger partial charge in [-0.25, -0.2) is 4.79 Å². The zero-order chi connectivity index (χ0) is 12.4. The van der Waals surface area contributed by atoms with Crippen LogP contribution in [0.5, 0.6) is 0 Å². The van der Waals surface area contributed by atoms with Crippen molar-refractivity contribution >= 4 is 23.6 Å². The Morgan fingerprint density at radius 3 is 2.88 bits per heavy atom. The largest absolute Gasteiger partial charge is 0.480 e. The van der Waals surface area contributed by atoms with E-state index in [2.05, 4.69) is 12.2 Å². The predicted octanol–water partition coefficient (Wildman–Crippen LogP) is 0.361. The van der Waals surface area contributed by atoms with Crippen molar-refractivity contribution in [2.75, 3.05) is 18.2 Å². The van der Waals surface area contributed by atoms with Gasteiger partial charge in [0.25, 0.3) is 0 Å². The number of carbonyl (C=O) groups is 2. The molecule has 0 bridgehead atoms. The van der Waals surface area contributed by atoms with Gasteiger partial charge in [0.1, 0.15) is 6.04 Å². The first-order valence-corrected chi connectivity index (χ1v) is 7.09. The molecule has 0 aromatic rings. The Labute approximate surface area is 105 Å². The molecule has 5 nitrogen and oxygen atoms in total. The van der Waals surface area contributed by atoms with Crippen LogP contribution in [0.25, 0.3) is 0 Å². The lowest BCUT2D eigenvalue weighted by atomic mass is 9.92. The van der Waals surface area contributed by atoms with Crippen LogP contribution in [-0.2, 0) is 9.59 Å². The highest BCUT2D eigenvalue weighted by molar-refractivity contribution is 7.99. The number of rotatable bonds is 2. The number of carbonyl (C=O) groups excluding carboxylic acids is 1. The van der Waals surface area contributed by atoms with Crippen LogP contribution in [0.15, 0.2) is 0 Å². The zero-order valence-corrected chi connectivity index (χ0v) is 10.7. The summed E-state index contributed by atoms with van der Waals surface area (Å²) < 4.78 is 0.